The molecule has 1 heterocycles. The molecule has 0 spiro atoms. The van der Waals surface area contributed by atoms with E-state index in [9.17, 15) is 0 Å². The number of aliphatic imine (C=N–C) groups is 1. The quantitative estimate of drug-likeness (QED) is 0.481. The first-order valence-corrected chi connectivity index (χ1v) is 8.56. The summed E-state index contributed by atoms with van der Waals surface area (Å²) in [6, 6.07) is 9.12. The number of nitrogens with one attached hydrogen (secondary N) is 2. The van der Waals surface area contributed by atoms with Crippen molar-refractivity contribution in [2.24, 2.45) is 4.99 Å². The highest BCUT2D eigenvalue weighted by molar-refractivity contribution is 5.80. The van der Waals surface area contributed by atoms with Crippen LogP contribution >= 0.6 is 0 Å². The van der Waals surface area contributed by atoms with Gasteiger partial charge in [-0.15, -0.1) is 0 Å². The number of anilines is 1. The van der Waals surface area contributed by atoms with Crippen LogP contribution in [0.15, 0.2) is 29.3 Å². The van der Waals surface area contributed by atoms with Crippen LogP contribution in [0.4, 0.5) is 5.69 Å². The van der Waals surface area contributed by atoms with Crippen LogP contribution in [0.25, 0.3) is 0 Å². The molecule has 0 saturated carbocycles. The fraction of sp³-hybridized carbons (Fsp3) is 0.611. The Morgan fingerprint density at radius 3 is 2.77 bits per heavy atom. The summed E-state index contributed by atoms with van der Waals surface area (Å²) in [5.74, 6) is 0.882. The van der Waals surface area contributed by atoms with Crippen LogP contribution in [-0.2, 0) is 0 Å². The monoisotopic (exact) mass is 302 g/mol. The maximum Gasteiger partial charge on any atom is 0.191 e. The van der Waals surface area contributed by atoms with E-state index in [0.717, 1.165) is 12.5 Å². The minimum absolute atomic E-state index is 0.246. The van der Waals surface area contributed by atoms with Gasteiger partial charge in [-0.1, -0.05) is 25.5 Å². The maximum absolute atomic E-state index is 4.31. The molecule has 0 aliphatic carbocycles. The molecule has 1 atom stereocenters. The number of hydrogen-bond acceptors (Lipinski definition) is 2. The minimum atomic E-state index is 0.246. The molecular formula is C18H30N4. The standard InChI is InChI=1S/C18H30N4/c1-4-5-11-20-18(19-3)21-15(2)16-9-8-10-17(14-16)22-12-6-7-13-22/h8-10,14-15H,4-7,11-13H2,1-3H3,(H2,19,20,21). The van der Waals surface area contributed by atoms with Gasteiger partial charge in [0.1, 0.15) is 0 Å². The molecule has 1 aromatic rings. The summed E-state index contributed by atoms with van der Waals surface area (Å²) in [5, 5.41) is 6.85. The fourth-order valence-electron chi connectivity index (χ4n) is 2.83. The first-order chi connectivity index (χ1) is 10.7. The van der Waals surface area contributed by atoms with Gasteiger partial charge in [-0.25, -0.2) is 0 Å². The van der Waals surface area contributed by atoms with E-state index in [1.54, 1.807) is 0 Å². The second kappa shape index (κ2) is 8.66. The fourth-order valence-corrected chi connectivity index (χ4v) is 2.83. The van der Waals surface area contributed by atoms with Crippen LogP contribution < -0.4 is 15.5 Å². The predicted octanol–water partition coefficient (Wildman–Crippen LogP) is 3.31. The smallest absolute Gasteiger partial charge is 0.191 e. The summed E-state index contributed by atoms with van der Waals surface area (Å²) in [6.45, 7) is 7.73. The Kier molecular flexibility index (Phi) is 6.56. The SMILES string of the molecule is CCCCNC(=NC)NC(C)c1cccc(N2CCCC2)c1. The van der Waals surface area contributed by atoms with Crippen LogP contribution in [0.3, 0.4) is 0 Å². The second-order valence-electron chi connectivity index (χ2n) is 6.01. The van der Waals surface area contributed by atoms with Gasteiger partial charge in [-0.2, -0.15) is 0 Å². The largest absolute Gasteiger partial charge is 0.372 e. The zero-order valence-corrected chi connectivity index (χ0v) is 14.2. The van der Waals surface area contributed by atoms with Crippen LogP contribution in [0.2, 0.25) is 0 Å². The lowest BCUT2D eigenvalue weighted by Gasteiger charge is -2.22. The number of nitrogens with zero attached hydrogens (tertiary/aromatic N) is 2. The highest BCUT2D eigenvalue weighted by Gasteiger charge is 2.14. The number of rotatable bonds is 6. The Balaban J connectivity index is 1.96. The average molecular weight is 302 g/mol. The maximum atomic E-state index is 4.31. The van der Waals surface area contributed by atoms with E-state index in [2.05, 4.69) is 58.6 Å². The molecule has 1 saturated heterocycles. The molecule has 2 N–H and O–H groups in total. The Hall–Kier alpha value is -1.71. The van der Waals surface area contributed by atoms with Crippen LogP contribution in [0, 0.1) is 0 Å². The lowest BCUT2D eigenvalue weighted by molar-refractivity contribution is 0.670. The van der Waals surface area contributed by atoms with Gasteiger partial charge in [0.25, 0.3) is 0 Å². The van der Waals surface area contributed by atoms with E-state index in [0.29, 0.717) is 0 Å². The van der Waals surface area contributed by atoms with Crippen molar-refractivity contribution >= 4 is 11.6 Å². The van der Waals surface area contributed by atoms with Crippen LogP contribution in [0.1, 0.15) is 51.1 Å². The first kappa shape index (κ1) is 16.7. The van der Waals surface area contributed by atoms with E-state index in [-0.39, 0.29) is 6.04 Å². The van der Waals surface area contributed by atoms with Crippen LogP contribution in [0.5, 0.6) is 0 Å². The van der Waals surface area contributed by atoms with Crippen LogP contribution in [-0.4, -0.2) is 32.6 Å². The topological polar surface area (TPSA) is 39.7 Å². The lowest BCUT2D eigenvalue weighted by atomic mass is 10.1. The molecule has 4 nitrogen and oxygen atoms in total. The predicted molar refractivity (Wildman–Crippen MR) is 95.7 cm³/mol. The Morgan fingerprint density at radius 2 is 2.09 bits per heavy atom. The summed E-state index contributed by atoms with van der Waals surface area (Å²) in [7, 11) is 1.83. The molecule has 1 aromatic carbocycles. The summed E-state index contributed by atoms with van der Waals surface area (Å²) < 4.78 is 0. The highest BCUT2D eigenvalue weighted by Crippen LogP contribution is 2.23. The van der Waals surface area contributed by atoms with Gasteiger partial charge in [0, 0.05) is 32.4 Å². The van der Waals surface area contributed by atoms with Crippen molar-refractivity contribution in [3.63, 3.8) is 0 Å². The average Bonchev–Trinajstić information content (AvgIpc) is 3.08. The normalized spacial score (nSPS) is 16.7. The molecule has 22 heavy (non-hydrogen) atoms. The van der Waals surface area contributed by atoms with Crippen molar-refractivity contribution in [1.29, 1.82) is 0 Å². The zero-order valence-electron chi connectivity index (χ0n) is 14.2. The Bertz CT molecular complexity index is 478. The Morgan fingerprint density at radius 1 is 1.32 bits per heavy atom. The molecule has 1 aliphatic heterocycles. The number of hydrogen-bond donors (Lipinski definition) is 2. The molecule has 0 bridgehead atoms. The summed E-state index contributed by atoms with van der Waals surface area (Å²) in [5.41, 5.74) is 2.65. The lowest BCUT2D eigenvalue weighted by Crippen LogP contribution is -2.39. The number of benzene rings is 1. The number of guanidine groups is 1. The molecule has 122 valence electrons. The van der Waals surface area contributed by atoms with Crippen molar-refractivity contribution in [2.45, 2.75) is 45.6 Å². The third-order valence-electron chi connectivity index (χ3n) is 4.24. The molecule has 0 amide bonds. The second-order valence-corrected chi connectivity index (χ2v) is 6.01. The summed E-state index contributed by atoms with van der Waals surface area (Å²) in [4.78, 5) is 6.79. The van der Waals surface area contributed by atoms with Crippen molar-refractivity contribution < 1.29 is 0 Å². The van der Waals surface area contributed by atoms with Gasteiger partial charge in [-0.3, -0.25) is 4.99 Å². The summed E-state index contributed by atoms with van der Waals surface area (Å²) >= 11 is 0. The van der Waals surface area contributed by atoms with Gasteiger partial charge < -0.3 is 15.5 Å². The van der Waals surface area contributed by atoms with Crippen molar-refractivity contribution in [3.8, 4) is 0 Å². The molecule has 2 rings (SSSR count). The van der Waals surface area contributed by atoms with E-state index in [4.69, 9.17) is 0 Å². The van der Waals surface area contributed by atoms with Gasteiger partial charge in [-0.05, 0) is 43.9 Å². The minimum Gasteiger partial charge on any atom is -0.372 e. The third kappa shape index (κ3) is 4.65. The van der Waals surface area contributed by atoms with E-state index in [1.165, 1.54) is 50.0 Å². The molecule has 1 unspecified atom stereocenters. The molecule has 1 aliphatic rings. The van der Waals surface area contributed by atoms with Crippen molar-refractivity contribution in [2.75, 3.05) is 31.6 Å². The van der Waals surface area contributed by atoms with E-state index < -0.39 is 0 Å². The first-order valence-electron chi connectivity index (χ1n) is 8.56. The van der Waals surface area contributed by atoms with Crippen molar-refractivity contribution in [1.82, 2.24) is 10.6 Å². The molecule has 4 heteroatoms. The zero-order chi connectivity index (χ0) is 15.8. The van der Waals surface area contributed by atoms with Gasteiger partial charge in [0.05, 0.1) is 6.04 Å². The molecule has 0 radical (unpaired) electrons. The number of unbranched alkanes of at least 4 members (excludes halogenated alkanes) is 1. The highest BCUT2D eigenvalue weighted by atomic mass is 15.2. The Labute approximate surface area is 135 Å². The molecular weight excluding hydrogens is 272 g/mol. The molecule has 1 fully saturated rings. The molecule has 0 aromatic heterocycles. The van der Waals surface area contributed by atoms with Gasteiger partial charge in [0.15, 0.2) is 5.96 Å². The van der Waals surface area contributed by atoms with Crippen molar-refractivity contribution in [3.05, 3.63) is 29.8 Å². The van der Waals surface area contributed by atoms with E-state index in [1.807, 2.05) is 7.05 Å². The van der Waals surface area contributed by atoms with E-state index >= 15 is 0 Å². The van der Waals surface area contributed by atoms with Gasteiger partial charge >= 0.3 is 0 Å². The summed E-state index contributed by atoms with van der Waals surface area (Å²) in [6.07, 6.45) is 4.98. The third-order valence-corrected chi connectivity index (χ3v) is 4.24. The van der Waals surface area contributed by atoms with Gasteiger partial charge in [0.2, 0.25) is 0 Å².